The van der Waals surface area contributed by atoms with Gasteiger partial charge in [-0.15, -0.1) is 0 Å². The second-order valence-corrected chi connectivity index (χ2v) is 7.08. The van der Waals surface area contributed by atoms with Crippen LogP contribution in [0.15, 0.2) is 24.3 Å². The van der Waals surface area contributed by atoms with E-state index in [1.54, 1.807) is 12.1 Å². The average molecular weight is 295 g/mol. The van der Waals surface area contributed by atoms with E-state index in [1.807, 2.05) is 23.9 Å². The largest absolute Gasteiger partial charge is 0.314 e. The molecular formula is C17H26FNS. The lowest BCUT2D eigenvalue weighted by Gasteiger charge is -2.18. The molecule has 1 fully saturated rings. The number of benzene rings is 1. The van der Waals surface area contributed by atoms with Gasteiger partial charge in [0.1, 0.15) is 5.82 Å². The molecule has 20 heavy (non-hydrogen) atoms. The molecule has 1 aliphatic rings. The highest BCUT2D eigenvalue weighted by atomic mass is 32.2. The minimum Gasteiger partial charge on any atom is -0.314 e. The van der Waals surface area contributed by atoms with Gasteiger partial charge in [0, 0.05) is 6.04 Å². The third-order valence-corrected chi connectivity index (χ3v) is 4.83. The summed E-state index contributed by atoms with van der Waals surface area (Å²) in [5.41, 5.74) is 0.873. The summed E-state index contributed by atoms with van der Waals surface area (Å²) in [6.07, 6.45) is 5.93. The monoisotopic (exact) mass is 295 g/mol. The zero-order valence-corrected chi connectivity index (χ0v) is 13.2. The predicted octanol–water partition coefficient (Wildman–Crippen LogP) is 4.27. The Kier molecular flexibility index (Phi) is 6.88. The van der Waals surface area contributed by atoms with E-state index in [2.05, 4.69) is 12.2 Å². The number of thioether (sulfide) groups is 1. The molecule has 1 saturated carbocycles. The Bertz CT molecular complexity index is 392. The molecule has 1 unspecified atom stereocenters. The summed E-state index contributed by atoms with van der Waals surface area (Å²) >= 11 is 2.00. The van der Waals surface area contributed by atoms with E-state index < -0.39 is 0 Å². The van der Waals surface area contributed by atoms with Gasteiger partial charge in [-0.25, -0.2) is 4.39 Å². The van der Waals surface area contributed by atoms with Crippen molar-refractivity contribution in [2.75, 3.05) is 18.1 Å². The van der Waals surface area contributed by atoms with E-state index in [0.717, 1.165) is 24.6 Å². The Balaban J connectivity index is 1.81. The van der Waals surface area contributed by atoms with Crippen molar-refractivity contribution >= 4 is 11.8 Å². The molecular weight excluding hydrogens is 269 g/mol. The highest BCUT2D eigenvalue weighted by Gasteiger charge is 2.22. The van der Waals surface area contributed by atoms with E-state index in [0.29, 0.717) is 5.92 Å². The Morgan fingerprint density at radius 2 is 2.15 bits per heavy atom. The number of hydrogen-bond donors (Lipinski definition) is 1. The molecule has 1 aromatic rings. The van der Waals surface area contributed by atoms with Crippen LogP contribution in [0.3, 0.4) is 0 Å². The third-order valence-electron chi connectivity index (χ3n) is 3.84. The maximum atomic E-state index is 13.8. The summed E-state index contributed by atoms with van der Waals surface area (Å²) in [7, 11) is 0. The summed E-state index contributed by atoms with van der Waals surface area (Å²) in [5, 5.41) is 3.61. The van der Waals surface area contributed by atoms with E-state index in [9.17, 15) is 4.39 Å². The topological polar surface area (TPSA) is 12.0 Å². The van der Waals surface area contributed by atoms with E-state index in [1.165, 1.54) is 37.2 Å². The minimum absolute atomic E-state index is 0.0492. The van der Waals surface area contributed by atoms with Crippen molar-refractivity contribution in [1.29, 1.82) is 0 Å². The fourth-order valence-corrected chi connectivity index (χ4v) is 3.15. The molecule has 112 valence electrons. The van der Waals surface area contributed by atoms with E-state index >= 15 is 0 Å². The maximum Gasteiger partial charge on any atom is 0.126 e. The van der Waals surface area contributed by atoms with Gasteiger partial charge in [-0.2, -0.15) is 11.8 Å². The molecule has 1 N–H and O–H groups in total. The van der Waals surface area contributed by atoms with Gasteiger partial charge in [0.2, 0.25) is 0 Å². The molecule has 0 amide bonds. The number of hydrogen-bond acceptors (Lipinski definition) is 2. The van der Waals surface area contributed by atoms with Gasteiger partial charge in [0.05, 0.1) is 0 Å². The van der Waals surface area contributed by atoms with Crippen LogP contribution in [0.4, 0.5) is 4.39 Å². The van der Waals surface area contributed by atoms with Crippen molar-refractivity contribution in [3.05, 3.63) is 35.6 Å². The zero-order valence-electron chi connectivity index (χ0n) is 12.4. The van der Waals surface area contributed by atoms with Crippen LogP contribution < -0.4 is 5.32 Å². The first-order valence-corrected chi connectivity index (χ1v) is 8.99. The van der Waals surface area contributed by atoms with Crippen LogP contribution >= 0.6 is 11.8 Å². The lowest BCUT2D eigenvalue weighted by Crippen LogP contribution is -2.26. The maximum absolute atomic E-state index is 13.8. The second kappa shape index (κ2) is 8.68. The Hall–Kier alpha value is -0.540. The SMILES string of the molecule is CCSCCCC(CNC1CC1)Cc1ccccc1F. The van der Waals surface area contributed by atoms with Crippen LogP contribution in [0.25, 0.3) is 0 Å². The summed E-state index contributed by atoms with van der Waals surface area (Å²) in [4.78, 5) is 0. The Morgan fingerprint density at radius 1 is 1.35 bits per heavy atom. The predicted molar refractivity (Wildman–Crippen MR) is 86.9 cm³/mol. The molecule has 1 atom stereocenters. The lowest BCUT2D eigenvalue weighted by atomic mass is 9.94. The van der Waals surface area contributed by atoms with Gasteiger partial charge in [-0.3, -0.25) is 0 Å². The van der Waals surface area contributed by atoms with Crippen LogP contribution in [0.2, 0.25) is 0 Å². The number of halogens is 1. The molecule has 1 aromatic carbocycles. The number of rotatable bonds is 10. The van der Waals surface area contributed by atoms with Crippen molar-refractivity contribution in [1.82, 2.24) is 5.32 Å². The van der Waals surface area contributed by atoms with E-state index in [-0.39, 0.29) is 5.82 Å². The molecule has 0 saturated heterocycles. The first-order chi connectivity index (χ1) is 9.79. The average Bonchev–Trinajstić information content (AvgIpc) is 3.27. The van der Waals surface area contributed by atoms with Crippen LogP contribution in [0, 0.1) is 11.7 Å². The molecule has 3 heteroatoms. The standard InChI is InChI=1S/C17H26FNS/c1-2-20-11-5-6-14(13-19-16-9-10-16)12-15-7-3-4-8-17(15)18/h3-4,7-8,14,16,19H,2,5-6,9-13H2,1H3. The smallest absolute Gasteiger partial charge is 0.126 e. The van der Waals surface area contributed by atoms with Crippen LogP contribution in [0.5, 0.6) is 0 Å². The molecule has 0 spiro atoms. The van der Waals surface area contributed by atoms with Crippen molar-refractivity contribution in [3.8, 4) is 0 Å². The summed E-state index contributed by atoms with van der Waals surface area (Å²) in [6, 6.07) is 7.96. The second-order valence-electron chi connectivity index (χ2n) is 5.68. The lowest BCUT2D eigenvalue weighted by molar-refractivity contribution is 0.431. The molecule has 0 bridgehead atoms. The summed E-state index contributed by atoms with van der Waals surface area (Å²) in [5.74, 6) is 2.93. The van der Waals surface area contributed by atoms with Gasteiger partial charge >= 0.3 is 0 Å². The third kappa shape index (κ3) is 5.84. The highest BCUT2D eigenvalue weighted by Crippen LogP contribution is 2.22. The highest BCUT2D eigenvalue weighted by molar-refractivity contribution is 7.99. The van der Waals surface area contributed by atoms with Crippen LogP contribution in [0.1, 0.15) is 38.2 Å². The van der Waals surface area contributed by atoms with Gasteiger partial charge in [-0.1, -0.05) is 25.1 Å². The van der Waals surface area contributed by atoms with Crippen molar-refractivity contribution < 1.29 is 4.39 Å². The normalized spacial score (nSPS) is 16.3. The van der Waals surface area contributed by atoms with Gasteiger partial charge < -0.3 is 5.32 Å². The van der Waals surface area contributed by atoms with Crippen molar-refractivity contribution in [3.63, 3.8) is 0 Å². The molecule has 1 nitrogen and oxygen atoms in total. The summed E-state index contributed by atoms with van der Waals surface area (Å²) in [6.45, 7) is 3.24. The fourth-order valence-electron chi connectivity index (χ4n) is 2.49. The van der Waals surface area contributed by atoms with E-state index in [4.69, 9.17) is 0 Å². The first kappa shape index (κ1) is 15.8. The van der Waals surface area contributed by atoms with Gasteiger partial charge in [0.15, 0.2) is 0 Å². The quantitative estimate of drug-likeness (QED) is 0.647. The minimum atomic E-state index is -0.0492. The zero-order chi connectivity index (χ0) is 14.2. The van der Waals surface area contributed by atoms with Gasteiger partial charge in [0.25, 0.3) is 0 Å². The first-order valence-electron chi connectivity index (χ1n) is 7.84. The molecule has 0 aliphatic heterocycles. The van der Waals surface area contributed by atoms with Gasteiger partial charge in [-0.05, 0) is 67.7 Å². The molecule has 0 heterocycles. The fraction of sp³-hybridized carbons (Fsp3) is 0.647. The van der Waals surface area contributed by atoms with Crippen LogP contribution in [-0.4, -0.2) is 24.1 Å². The Morgan fingerprint density at radius 3 is 2.85 bits per heavy atom. The van der Waals surface area contributed by atoms with Crippen molar-refractivity contribution in [2.45, 2.75) is 45.1 Å². The van der Waals surface area contributed by atoms with Crippen LogP contribution in [-0.2, 0) is 6.42 Å². The number of nitrogens with one attached hydrogen (secondary N) is 1. The summed E-state index contributed by atoms with van der Waals surface area (Å²) < 4.78 is 13.8. The van der Waals surface area contributed by atoms with Crippen molar-refractivity contribution in [2.24, 2.45) is 5.92 Å². The molecule has 0 radical (unpaired) electrons. The molecule has 1 aliphatic carbocycles. The Labute approximate surface area is 126 Å². The molecule has 0 aromatic heterocycles. The molecule has 2 rings (SSSR count).